The number of hydrogen-bond donors (Lipinski definition) is 0. The van der Waals surface area contributed by atoms with Crippen LogP contribution in [0, 0.1) is 0 Å². The average Bonchev–Trinajstić information content (AvgIpc) is 3.02. The zero-order valence-corrected chi connectivity index (χ0v) is 17.3. The van der Waals surface area contributed by atoms with E-state index in [-0.39, 0.29) is 41.5 Å². The third kappa shape index (κ3) is 3.56. The summed E-state index contributed by atoms with van der Waals surface area (Å²) in [5, 5.41) is 0. The van der Waals surface area contributed by atoms with Gasteiger partial charge in [-0.2, -0.15) is 0 Å². The molecule has 0 saturated heterocycles. The van der Waals surface area contributed by atoms with Gasteiger partial charge >= 0.3 is 5.97 Å². The minimum Gasteiger partial charge on any atom is -0.493 e. The summed E-state index contributed by atoms with van der Waals surface area (Å²) in [6, 6.07) is 9.71. The Balaban J connectivity index is 1.98. The Morgan fingerprint density at radius 3 is 2.23 bits per heavy atom. The highest BCUT2D eigenvalue weighted by Gasteiger charge is 2.46. The van der Waals surface area contributed by atoms with Crippen molar-refractivity contribution in [3.05, 3.63) is 47.5 Å². The summed E-state index contributed by atoms with van der Waals surface area (Å²) >= 11 is 0. The number of carbonyl (C=O) groups excluding carboxylic acids is 3. The molecular formula is C22H23NO7. The number of nitrogens with zero attached hydrogens (tertiary/aromatic N) is 1. The Morgan fingerprint density at radius 1 is 1.00 bits per heavy atom. The van der Waals surface area contributed by atoms with Gasteiger partial charge in [-0.15, -0.1) is 0 Å². The third-order valence-corrected chi connectivity index (χ3v) is 4.90. The fraction of sp³-hybridized carbons (Fsp3) is 0.318. The highest BCUT2D eigenvalue weighted by molar-refractivity contribution is 6.53. The van der Waals surface area contributed by atoms with Crippen LogP contribution in [0.5, 0.6) is 17.2 Å². The van der Waals surface area contributed by atoms with Crippen molar-refractivity contribution in [2.75, 3.05) is 26.2 Å². The fourth-order valence-electron chi connectivity index (χ4n) is 3.47. The first-order chi connectivity index (χ1) is 14.5. The van der Waals surface area contributed by atoms with E-state index in [1.165, 1.54) is 27.4 Å². The number of Topliss-reactive ketones (excluding diaryl/α,β-unsaturated/α-hetero) is 1. The maximum atomic E-state index is 12.8. The molecule has 8 nitrogen and oxygen atoms in total. The molecule has 1 aliphatic rings. The van der Waals surface area contributed by atoms with Gasteiger partial charge in [0, 0.05) is 6.07 Å². The largest absolute Gasteiger partial charge is 0.493 e. The molecule has 1 aliphatic heterocycles. The summed E-state index contributed by atoms with van der Waals surface area (Å²) in [7, 11) is 4.20. The smallest absolute Gasteiger partial charge is 0.329 e. The molecule has 1 heterocycles. The molecule has 3 rings (SSSR count). The number of rotatable bonds is 8. The van der Waals surface area contributed by atoms with Crippen LogP contribution in [0.2, 0.25) is 0 Å². The van der Waals surface area contributed by atoms with Crippen molar-refractivity contribution in [1.82, 2.24) is 0 Å². The monoisotopic (exact) mass is 413 g/mol. The molecular weight excluding hydrogens is 390 g/mol. The van der Waals surface area contributed by atoms with E-state index in [9.17, 15) is 14.4 Å². The van der Waals surface area contributed by atoms with Crippen LogP contribution in [0.15, 0.2) is 36.4 Å². The molecule has 0 N–H and O–H groups in total. The van der Waals surface area contributed by atoms with E-state index >= 15 is 0 Å². The van der Waals surface area contributed by atoms with E-state index < -0.39 is 23.7 Å². The quantitative estimate of drug-likeness (QED) is 0.485. The van der Waals surface area contributed by atoms with Crippen LogP contribution >= 0.6 is 0 Å². The van der Waals surface area contributed by atoms with E-state index in [4.69, 9.17) is 18.9 Å². The Hall–Kier alpha value is -3.55. The lowest BCUT2D eigenvalue weighted by molar-refractivity contribution is -0.147. The summed E-state index contributed by atoms with van der Waals surface area (Å²) in [4.78, 5) is 39.6. The number of ketones is 1. The minimum atomic E-state index is -0.978. The second-order valence-corrected chi connectivity index (χ2v) is 6.56. The van der Waals surface area contributed by atoms with Crippen molar-refractivity contribution >= 4 is 23.3 Å². The Kier molecular flexibility index (Phi) is 6.25. The zero-order chi connectivity index (χ0) is 21.8. The summed E-state index contributed by atoms with van der Waals surface area (Å²) in [5.74, 6) is -1.67. The lowest BCUT2D eigenvalue weighted by atomic mass is 10.1. The van der Waals surface area contributed by atoms with Gasteiger partial charge in [0.2, 0.25) is 5.75 Å². The van der Waals surface area contributed by atoms with Gasteiger partial charge in [-0.1, -0.05) is 37.3 Å². The van der Waals surface area contributed by atoms with Crippen LogP contribution in [-0.4, -0.2) is 45.0 Å². The topological polar surface area (TPSA) is 91.4 Å². The van der Waals surface area contributed by atoms with Crippen molar-refractivity contribution in [2.24, 2.45) is 0 Å². The summed E-state index contributed by atoms with van der Waals surface area (Å²) in [5.41, 5.74) is 1.08. The van der Waals surface area contributed by atoms with Crippen molar-refractivity contribution in [3.8, 4) is 17.2 Å². The van der Waals surface area contributed by atoms with E-state index in [1.807, 2.05) is 30.3 Å². The normalized spacial score (nSPS) is 13.7. The SMILES string of the molecule is CCC(C(=O)OCc1ccccc1)N1C(=O)C(=O)c2c1cc(OC)c(OC)c2OC. The van der Waals surface area contributed by atoms with Gasteiger partial charge in [0.05, 0.1) is 32.6 Å². The number of esters is 1. The van der Waals surface area contributed by atoms with Crippen LogP contribution in [0.4, 0.5) is 5.69 Å². The average molecular weight is 413 g/mol. The fourth-order valence-corrected chi connectivity index (χ4v) is 3.47. The van der Waals surface area contributed by atoms with Gasteiger partial charge in [-0.25, -0.2) is 4.79 Å². The van der Waals surface area contributed by atoms with Gasteiger partial charge in [0.15, 0.2) is 11.5 Å². The van der Waals surface area contributed by atoms with Crippen molar-refractivity contribution in [2.45, 2.75) is 26.0 Å². The molecule has 1 unspecified atom stereocenters. The van der Waals surface area contributed by atoms with Crippen LogP contribution < -0.4 is 19.1 Å². The third-order valence-electron chi connectivity index (χ3n) is 4.90. The van der Waals surface area contributed by atoms with Crippen LogP contribution in [-0.2, 0) is 20.9 Å². The second-order valence-electron chi connectivity index (χ2n) is 6.56. The molecule has 0 fully saturated rings. The Morgan fingerprint density at radius 2 is 1.67 bits per heavy atom. The molecule has 8 heteroatoms. The number of amides is 1. The lowest BCUT2D eigenvalue weighted by Gasteiger charge is -2.26. The number of carbonyl (C=O) groups is 3. The summed E-state index contributed by atoms with van der Waals surface area (Å²) in [6.07, 6.45) is 0.253. The highest BCUT2D eigenvalue weighted by Crippen LogP contribution is 2.48. The molecule has 158 valence electrons. The predicted molar refractivity (Wildman–Crippen MR) is 108 cm³/mol. The molecule has 0 aliphatic carbocycles. The molecule has 0 radical (unpaired) electrons. The Labute approximate surface area is 174 Å². The van der Waals surface area contributed by atoms with Crippen molar-refractivity contribution in [3.63, 3.8) is 0 Å². The number of anilines is 1. The standard InChI is InChI=1S/C22H23NO7/c1-5-14(22(26)30-12-13-9-7-6-8-10-13)23-15-11-16(27-2)19(28-3)20(29-4)17(15)18(24)21(23)25/h6-11,14H,5,12H2,1-4H3. The molecule has 0 aromatic heterocycles. The molecule has 0 spiro atoms. The summed E-state index contributed by atoms with van der Waals surface area (Å²) in [6.45, 7) is 1.80. The maximum Gasteiger partial charge on any atom is 0.329 e. The predicted octanol–water partition coefficient (Wildman–Crippen LogP) is 2.76. The maximum absolute atomic E-state index is 12.8. The Bertz CT molecular complexity index is 971. The zero-order valence-electron chi connectivity index (χ0n) is 17.3. The van der Waals surface area contributed by atoms with Crippen LogP contribution in [0.1, 0.15) is 29.3 Å². The van der Waals surface area contributed by atoms with Gasteiger partial charge in [-0.05, 0) is 12.0 Å². The van der Waals surface area contributed by atoms with Gasteiger partial charge in [0.1, 0.15) is 12.6 Å². The number of fused-ring (bicyclic) bond motifs is 1. The lowest BCUT2D eigenvalue weighted by Crippen LogP contribution is -2.45. The molecule has 1 amide bonds. The first kappa shape index (κ1) is 21.2. The van der Waals surface area contributed by atoms with Gasteiger partial charge in [-0.3, -0.25) is 14.5 Å². The van der Waals surface area contributed by atoms with E-state index in [1.54, 1.807) is 6.92 Å². The van der Waals surface area contributed by atoms with Gasteiger partial charge in [0.25, 0.3) is 11.7 Å². The highest BCUT2D eigenvalue weighted by atomic mass is 16.5. The number of methoxy groups -OCH3 is 3. The summed E-state index contributed by atoms with van der Waals surface area (Å²) < 4.78 is 21.4. The van der Waals surface area contributed by atoms with Gasteiger partial charge < -0.3 is 18.9 Å². The molecule has 0 saturated carbocycles. The number of hydrogen-bond acceptors (Lipinski definition) is 7. The first-order valence-electron chi connectivity index (χ1n) is 9.39. The molecule has 2 aromatic rings. The first-order valence-corrected chi connectivity index (χ1v) is 9.39. The minimum absolute atomic E-state index is 0.0365. The second kappa shape index (κ2) is 8.86. The number of benzene rings is 2. The molecule has 0 bridgehead atoms. The van der Waals surface area contributed by atoms with E-state index in [0.29, 0.717) is 0 Å². The van der Waals surface area contributed by atoms with Crippen LogP contribution in [0.3, 0.4) is 0 Å². The van der Waals surface area contributed by atoms with Crippen molar-refractivity contribution in [1.29, 1.82) is 0 Å². The molecule has 1 atom stereocenters. The van der Waals surface area contributed by atoms with E-state index in [2.05, 4.69) is 0 Å². The van der Waals surface area contributed by atoms with E-state index in [0.717, 1.165) is 10.5 Å². The van der Waals surface area contributed by atoms with Crippen molar-refractivity contribution < 1.29 is 33.3 Å². The number of ether oxygens (including phenoxy) is 4. The molecule has 2 aromatic carbocycles. The van der Waals surface area contributed by atoms with Crippen LogP contribution in [0.25, 0.3) is 0 Å². The molecule has 30 heavy (non-hydrogen) atoms.